The average Bonchev–Trinajstić information content (AvgIpc) is 3.04. The van der Waals surface area contributed by atoms with Gasteiger partial charge in [0.1, 0.15) is 11.7 Å². The number of nitrogens with one attached hydrogen (secondary N) is 2. The van der Waals surface area contributed by atoms with Gasteiger partial charge in [-0.25, -0.2) is 15.4 Å². The lowest BCUT2D eigenvalue weighted by molar-refractivity contribution is 0.0166. The zero-order chi connectivity index (χ0) is 16.8. The summed E-state index contributed by atoms with van der Waals surface area (Å²) in [5.41, 5.74) is 3.39. The zero-order valence-corrected chi connectivity index (χ0v) is 14.5. The van der Waals surface area contributed by atoms with Gasteiger partial charge in [-0.3, -0.25) is 5.10 Å². The molecular weight excluding hydrogens is 292 g/mol. The maximum Gasteiger partial charge on any atom is 0.170 e. The van der Waals surface area contributed by atoms with Crippen LogP contribution >= 0.6 is 0 Å². The zero-order valence-electron chi connectivity index (χ0n) is 14.5. The van der Waals surface area contributed by atoms with E-state index in [0.717, 1.165) is 30.4 Å². The molecule has 2 rings (SSSR count). The van der Waals surface area contributed by atoms with Crippen LogP contribution in [0.3, 0.4) is 0 Å². The van der Waals surface area contributed by atoms with Crippen molar-refractivity contribution in [2.75, 3.05) is 24.8 Å². The Morgan fingerprint density at radius 2 is 2.43 bits per heavy atom. The first-order valence-corrected chi connectivity index (χ1v) is 8.19. The lowest BCUT2D eigenvalue weighted by Crippen LogP contribution is -2.47. The fourth-order valence-corrected chi connectivity index (χ4v) is 2.52. The van der Waals surface area contributed by atoms with Gasteiger partial charge < -0.3 is 9.64 Å². The summed E-state index contributed by atoms with van der Waals surface area (Å²) < 4.78 is 5.48. The minimum atomic E-state index is 0.263. The van der Waals surface area contributed by atoms with Gasteiger partial charge in [0.15, 0.2) is 5.82 Å². The number of hydrogen-bond acceptors (Lipinski definition) is 5. The summed E-state index contributed by atoms with van der Waals surface area (Å²) in [7, 11) is 0. The van der Waals surface area contributed by atoms with Crippen molar-refractivity contribution in [2.45, 2.75) is 46.2 Å². The maximum absolute atomic E-state index is 5.48. The van der Waals surface area contributed by atoms with E-state index >= 15 is 0 Å². The van der Waals surface area contributed by atoms with E-state index in [4.69, 9.17) is 9.73 Å². The van der Waals surface area contributed by atoms with Crippen LogP contribution in [0.4, 0.5) is 5.82 Å². The molecule has 7 heteroatoms. The maximum atomic E-state index is 5.48. The first-order chi connectivity index (χ1) is 11.0. The largest absolute Gasteiger partial charge is 0.377 e. The van der Waals surface area contributed by atoms with E-state index in [1.807, 2.05) is 11.1 Å². The Balaban J connectivity index is 2.21. The van der Waals surface area contributed by atoms with Crippen molar-refractivity contribution in [2.24, 2.45) is 4.99 Å². The Bertz CT molecular complexity index is 525. The highest BCUT2D eigenvalue weighted by molar-refractivity contribution is 5.96. The molecule has 1 saturated heterocycles. The number of nitrogens with zero attached hydrogens (tertiary/aromatic N) is 4. The predicted octanol–water partition coefficient (Wildman–Crippen LogP) is 2.13. The molecule has 1 atom stereocenters. The highest BCUT2D eigenvalue weighted by Crippen LogP contribution is 2.16. The number of hydrogen-bond donors (Lipinski definition) is 2. The van der Waals surface area contributed by atoms with Gasteiger partial charge in [0.25, 0.3) is 0 Å². The minimum Gasteiger partial charge on any atom is -0.377 e. The number of rotatable bonds is 6. The van der Waals surface area contributed by atoms with Crippen molar-refractivity contribution in [1.82, 2.24) is 20.5 Å². The number of hydrazine groups is 1. The van der Waals surface area contributed by atoms with Gasteiger partial charge in [0, 0.05) is 31.3 Å². The number of morpholine rings is 1. The summed E-state index contributed by atoms with van der Waals surface area (Å²) in [5, 5.41) is 9.05. The number of aromatic nitrogens is 2. The smallest absolute Gasteiger partial charge is 0.170 e. The molecule has 1 fully saturated rings. The van der Waals surface area contributed by atoms with Crippen LogP contribution < -0.4 is 10.4 Å². The third kappa shape index (κ3) is 4.56. The van der Waals surface area contributed by atoms with Crippen molar-refractivity contribution in [3.05, 3.63) is 24.7 Å². The molecule has 0 aliphatic carbocycles. The molecule has 0 aromatic carbocycles. The first kappa shape index (κ1) is 17.5. The van der Waals surface area contributed by atoms with Crippen LogP contribution in [0.5, 0.6) is 0 Å². The Morgan fingerprint density at radius 1 is 1.65 bits per heavy atom. The minimum absolute atomic E-state index is 0.263. The van der Waals surface area contributed by atoms with Crippen LogP contribution in [-0.4, -0.2) is 52.8 Å². The van der Waals surface area contributed by atoms with E-state index in [1.165, 1.54) is 0 Å². The summed E-state index contributed by atoms with van der Waals surface area (Å²) in [5.74, 6) is 2.44. The van der Waals surface area contributed by atoms with Gasteiger partial charge >= 0.3 is 0 Å². The number of anilines is 1. The summed E-state index contributed by atoms with van der Waals surface area (Å²) in [6, 6.07) is 2.47. The number of ether oxygens (including phenoxy) is 1. The van der Waals surface area contributed by atoms with Crippen LogP contribution in [-0.2, 0) is 4.74 Å². The van der Waals surface area contributed by atoms with Gasteiger partial charge in [-0.05, 0) is 20.8 Å². The summed E-state index contributed by atoms with van der Waals surface area (Å²) in [6.45, 7) is 14.8. The van der Waals surface area contributed by atoms with Crippen molar-refractivity contribution >= 4 is 11.7 Å². The lowest BCUT2D eigenvalue weighted by atomic mass is 10.2. The van der Waals surface area contributed by atoms with Gasteiger partial charge in [-0.2, -0.15) is 5.10 Å². The molecule has 1 aliphatic rings. The van der Waals surface area contributed by atoms with Crippen LogP contribution in [0.2, 0.25) is 0 Å². The topological polar surface area (TPSA) is 68.8 Å². The van der Waals surface area contributed by atoms with Crippen LogP contribution in [0.25, 0.3) is 0 Å². The van der Waals surface area contributed by atoms with Gasteiger partial charge in [0.05, 0.1) is 19.3 Å². The van der Waals surface area contributed by atoms with Crippen molar-refractivity contribution < 1.29 is 4.74 Å². The van der Waals surface area contributed by atoms with Crippen molar-refractivity contribution in [1.29, 1.82) is 0 Å². The molecule has 0 saturated carbocycles. The van der Waals surface area contributed by atoms with Gasteiger partial charge in [0.2, 0.25) is 0 Å². The molecule has 1 aliphatic heterocycles. The fraction of sp³-hybridized carbons (Fsp3) is 0.625. The molecule has 0 radical (unpaired) electrons. The van der Waals surface area contributed by atoms with Crippen LogP contribution in [0.1, 0.15) is 34.1 Å². The van der Waals surface area contributed by atoms with E-state index < -0.39 is 0 Å². The number of H-pyrrole nitrogens is 1. The fourth-order valence-electron chi connectivity index (χ4n) is 2.52. The first-order valence-electron chi connectivity index (χ1n) is 8.19. The lowest BCUT2D eigenvalue weighted by Gasteiger charge is -2.35. The molecule has 7 nitrogen and oxygen atoms in total. The molecule has 1 aromatic rings. The van der Waals surface area contributed by atoms with E-state index in [1.54, 1.807) is 6.20 Å². The number of aromatic amines is 1. The highest BCUT2D eigenvalue weighted by atomic mass is 16.5. The molecule has 2 N–H and O–H groups in total. The SMILES string of the molecule is C=C(/N=C(\CC)N(NC(C)C)c1cc[nH]n1)N1CCOC[C@H]1C. The second-order valence-electron chi connectivity index (χ2n) is 5.97. The molecule has 2 heterocycles. The van der Waals surface area contributed by atoms with Crippen molar-refractivity contribution in [3.8, 4) is 0 Å². The summed E-state index contributed by atoms with van der Waals surface area (Å²) in [6.07, 6.45) is 2.57. The summed E-state index contributed by atoms with van der Waals surface area (Å²) >= 11 is 0. The number of aliphatic imine (C=N–C) groups is 1. The summed E-state index contributed by atoms with van der Waals surface area (Å²) in [4.78, 5) is 6.97. The second kappa shape index (κ2) is 8.12. The Morgan fingerprint density at radius 3 is 3.00 bits per heavy atom. The Labute approximate surface area is 138 Å². The Kier molecular flexibility index (Phi) is 6.18. The van der Waals surface area contributed by atoms with Crippen LogP contribution in [0, 0.1) is 0 Å². The van der Waals surface area contributed by atoms with E-state index in [2.05, 4.69) is 54.8 Å². The average molecular weight is 320 g/mol. The molecule has 23 heavy (non-hydrogen) atoms. The highest BCUT2D eigenvalue weighted by Gasteiger charge is 2.22. The molecule has 0 bridgehead atoms. The molecule has 0 spiro atoms. The van der Waals surface area contributed by atoms with Crippen LogP contribution in [0.15, 0.2) is 29.7 Å². The predicted molar refractivity (Wildman–Crippen MR) is 93.2 cm³/mol. The second-order valence-corrected chi connectivity index (χ2v) is 5.97. The third-order valence-electron chi connectivity index (χ3n) is 3.63. The third-order valence-corrected chi connectivity index (χ3v) is 3.63. The normalized spacial score (nSPS) is 19.3. The van der Waals surface area contributed by atoms with Gasteiger partial charge in [-0.15, -0.1) is 0 Å². The standard InChI is InChI=1S/C16H28N6O/c1-6-15(18-14(5)21-9-10-23-11-13(21)4)22(20-12(2)3)16-7-8-17-19-16/h7-8,12-13,20H,5-6,9-11H2,1-4H3,(H,17,19)/b18-15+/t13-/m1/s1. The van der Waals surface area contributed by atoms with E-state index in [9.17, 15) is 0 Å². The molecule has 128 valence electrons. The molecule has 0 amide bonds. The number of amidine groups is 1. The molecule has 0 unspecified atom stereocenters. The van der Waals surface area contributed by atoms with E-state index in [-0.39, 0.29) is 12.1 Å². The van der Waals surface area contributed by atoms with Gasteiger partial charge in [-0.1, -0.05) is 13.5 Å². The Hall–Kier alpha value is -1.86. The van der Waals surface area contributed by atoms with Crippen molar-refractivity contribution in [3.63, 3.8) is 0 Å². The monoisotopic (exact) mass is 320 g/mol. The molecular formula is C16H28N6O. The molecule has 1 aromatic heterocycles. The quantitative estimate of drug-likeness (QED) is 0.477. The van der Waals surface area contributed by atoms with E-state index in [0.29, 0.717) is 13.2 Å².